The van der Waals surface area contributed by atoms with Gasteiger partial charge in [-0.3, -0.25) is 4.79 Å². The molecule has 1 unspecified atom stereocenters. The lowest BCUT2D eigenvalue weighted by Crippen LogP contribution is -2.54. The number of rotatable bonds is 10. The first-order valence-corrected chi connectivity index (χ1v) is 6.95. The summed E-state index contributed by atoms with van der Waals surface area (Å²) in [6, 6.07) is 0.361. The number of nitrogens with one attached hydrogen (secondary N) is 1. The van der Waals surface area contributed by atoms with E-state index in [0.29, 0.717) is 25.5 Å². The fraction of sp³-hybridized carbons (Fsp3) is 0.923. The van der Waals surface area contributed by atoms with Crippen molar-refractivity contribution in [3.63, 3.8) is 0 Å². The highest BCUT2D eigenvalue weighted by molar-refractivity contribution is 5.84. The lowest BCUT2D eigenvalue weighted by atomic mass is 9.95. The predicted molar refractivity (Wildman–Crippen MR) is 69.1 cm³/mol. The van der Waals surface area contributed by atoms with E-state index in [0.717, 1.165) is 12.8 Å². The minimum atomic E-state index is -4.12. The van der Waals surface area contributed by atoms with Gasteiger partial charge in [-0.15, -0.1) is 0 Å². The minimum Gasteiger partial charge on any atom is -0.381 e. The second-order valence-corrected chi connectivity index (χ2v) is 5.55. The van der Waals surface area contributed by atoms with Crippen molar-refractivity contribution in [2.24, 2.45) is 5.73 Å². The van der Waals surface area contributed by atoms with Crippen molar-refractivity contribution in [1.82, 2.24) is 5.32 Å². The van der Waals surface area contributed by atoms with Crippen molar-refractivity contribution in [1.29, 1.82) is 0 Å². The summed E-state index contributed by atoms with van der Waals surface area (Å²) in [6.07, 6.45) is -1.76. The van der Waals surface area contributed by atoms with Gasteiger partial charge in [0, 0.05) is 25.7 Å². The van der Waals surface area contributed by atoms with Crippen molar-refractivity contribution in [3.8, 4) is 0 Å². The molecule has 1 fully saturated rings. The van der Waals surface area contributed by atoms with Crippen LogP contribution in [0.25, 0.3) is 0 Å². The summed E-state index contributed by atoms with van der Waals surface area (Å²) in [5.41, 5.74) is 4.64. The van der Waals surface area contributed by atoms with Gasteiger partial charge in [0.05, 0.1) is 5.54 Å². The molecular formula is C13H23F3N2O2. The van der Waals surface area contributed by atoms with Gasteiger partial charge in [-0.05, 0) is 39.0 Å². The summed E-state index contributed by atoms with van der Waals surface area (Å²) in [5, 5.41) is 3.21. The molecule has 3 N–H and O–H groups in total. The molecule has 0 heterocycles. The molecule has 0 aliphatic heterocycles. The minimum absolute atomic E-state index is 0.0308. The summed E-state index contributed by atoms with van der Waals surface area (Å²) in [7, 11) is 0. The predicted octanol–water partition coefficient (Wildman–Crippen LogP) is 2.12. The molecule has 118 valence electrons. The quantitative estimate of drug-likeness (QED) is 0.607. The third kappa shape index (κ3) is 7.09. The SMILES string of the molecule is CC(CCCOCCCC(F)(F)F)(NC1CC1)C(N)=O. The molecule has 0 aromatic carbocycles. The largest absolute Gasteiger partial charge is 0.389 e. The van der Waals surface area contributed by atoms with Crippen LogP contribution in [-0.2, 0) is 9.53 Å². The number of ether oxygens (including phenoxy) is 1. The Morgan fingerprint density at radius 2 is 1.80 bits per heavy atom. The highest BCUT2D eigenvalue weighted by Gasteiger charge is 2.36. The van der Waals surface area contributed by atoms with Crippen LogP contribution in [0.1, 0.15) is 45.4 Å². The van der Waals surface area contributed by atoms with Crippen LogP contribution in [0.4, 0.5) is 13.2 Å². The molecule has 1 aliphatic rings. The number of hydrogen-bond donors (Lipinski definition) is 2. The standard InChI is InChI=1S/C13H23F3N2O2/c1-12(11(17)19,18-10-4-5-10)6-2-8-20-9-3-7-13(14,15)16/h10,18H,2-9H2,1H3,(H2,17,19). The molecule has 0 spiro atoms. The van der Waals surface area contributed by atoms with E-state index in [1.165, 1.54) is 0 Å². The molecule has 1 rings (SSSR count). The summed E-state index contributed by atoms with van der Waals surface area (Å²) >= 11 is 0. The van der Waals surface area contributed by atoms with Crippen LogP contribution in [0.2, 0.25) is 0 Å². The molecular weight excluding hydrogens is 273 g/mol. The van der Waals surface area contributed by atoms with Gasteiger partial charge in [0.1, 0.15) is 0 Å². The molecule has 0 saturated heterocycles. The normalized spacial score (nSPS) is 18.8. The Morgan fingerprint density at radius 1 is 1.25 bits per heavy atom. The molecule has 1 amide bonds. The first-order valence-electron chi connectivity index (χ1n) is 6.95. The van der Waals surface area contributed by atoms with Crippen molar-refractivity contribution in [2.75, 3.05) is 13.2 Å². The fourth-order valence-corrected chi connectivity index (χ4v) is 1.95. The van der Waals surface area contributed by atoms with Crippen molar-refractivity contribution in [2.45, 2.75) is 63.2 Å². The first kappa shape index (κ1) is 17.2. The average Bonchev–Trinajstić information content (AvgIpc) is 3.10. The van der Waals surface area contributed by atoms with Crippen LogP contribution in [0.3, 0.4) is 0 Å². The van der Waals surface area contributed by atoms with Crippen LogP contribution in [0.5, 0.6) is 0 Å². The Kier molecular flexibility index (Phi) is 6.26. The van der Waals surface area contributed by atoms with E-state index in [9.17, 15) is 18.0 Å². The number of amides is 1. The van der Waals surface area contributed by atoms with E-state index < -0.39 is 24.0 Å². The maximum Gasteiger partial charge on any atom is 0.389 e. The van der Waals surface area contributed by atoms with E-state index in [1.54, 1.807) is 6.92 Å². The molecule has 1 atom stereocenters. The van der Waals surface area contributed by atoms with Gasteiger partial charge in [-0.1, -0.05) is 0 Å². The van der Waals surface area contributed by atoms with Gasteiger partial charge in [-0.2, -0.15) is 13.2 Å². The van der Waals surface area contributed by atoms with E-state index in [2.05, 4.69) is 5.32 Å². The molecule has 0 radical (unpaired) electrons. The van der Waals surface area contributed by atoms with Gasteiger partial charge in [-0.25, -0.2) is 0 Å². The maximum atomic E-state index is 11.9. The van der Waals surface area contributed by atoms with Gasteiger partial charge < -0.3 is 15.8 Å². The molecule has 1 saturated carbocycles. The third-order valence-electron chi connectivity index (χ3n) is 3.36. The Hall–Kier alpha value is -0.820. The second kappa shape index (κ2) is 7.26. The molecule has 0 aromatic rings. The highest BCUT2D eigenvalue weighted by Crippen LogP contribution is 2.25. The summed E-state index contributed by atoms with van der Waals surface area (Å²) in [5.74, 6) is -0.401. The van der Waals surface area contributed by atoms with Gasteiger partial charge in [0.15, 0.2) is 0 Å². The van der Waals surface area contributed by atoms with Gasteiger partial charge in [0.2, 0.25) is 5.91 Å². The Bertz CT molecular complexity index is 319. The van der Waals surface area contributed by atoms with Crippen molar-refractivity contribution < 1.29 is 22.7 Å². The summed E-state index contributed by atoms with van der Waals surface area (Å²) in [4.78, 5) is 11.5. The zero-order valence-corrected chi connectivity index (χ0v) is 11.8. The molecule has 4 nitrogen and oxygen atoms in total. The monoisotopic (exact) mass is 296 g/mol. The number of halogens is 3. The van der Waals surface area contributed by atoms with Crippen molar-refractivity contribution >= 4 is 5.91 Å². The second-order valence-electron chi connectivity index (χ2n) is 5.55. The third-order valence-corrected chi connectivity index (χ3v) is 3.36. The molecule has 7 heteroatoms. The van der Waals surface area contributed by atoms with Crippen LogP contribution in [0, 0.1) is 0 Å². The average molecular weight is 296 g/mol. The number of hydrogen-bond acceptors (Lipinski definition) is 3. The van der Waals surface area contributed by atoms with E-state index in [1.807, 2.05) is 0 Å². The van der Waals surface area contributed by atoms with Crippen LogP contribution < -0.4 is 11.1 Å². The van der Waals surface area contributed by atoms with E-state index in [4.69, 9.17) is 10.5 Å². The number of alkyl halides is 3. The lowest BCUT2D eigenvalue weighted by Gasteiger charge is -2.27. The summed E-state index contributed by atoms with van der Waals surface area (Å²) < 4.78 is 40.8. The number of primary amides is 1. The zero-order chi connectivity index (χ0) is 15.2. The van der Waals surface area contributed by atoms with Crippen LogP contribution >= 0.6 is 0 Å². The van der Waals surface area contributed by atoms with Gasteiger partial charge in [0.25, 0.3) is 0 Å². The van der Waals surface area contributed by atoms with Crippen molar-refractivity contribution in [3.05, 3.63) is 0 Å². The Balaban J connectivity index is 2.10. The number of nitrogens with two attached hydrogens (primary N) is 1. The number of carbonyl (C=O) groups excluding carboxylic acids is 1. The topological polar surface area (TPSA) is 64.3 Å². The molecule has 20 heavy (non-hydrogen) atoms. The first-order chi connectivity index (χ1) is 9.23. The zero-order valence-electron chi connectivity index (χ0n) is 11.8. The van der Waals surface area contributed by atoms with Gasteiger partial charge >= 0.3 is 6.18 Å². The van der Waals surface area contributed by atoms with Crippen LogP contribution in [-0.4, -0.2) is 36.9 Å². The fourth-order valence-electron chi connectivity index (χ4n) is 1.95. The smallest absolute Gasteiger partial charge is 0.381 e. The lowest BCUT2D eigenvalue weighted by molar-refractivity contribution is -0.138. The number of carbonyl (C=O) groups is 1. The summed E-state index contributed by atoms with van der Waals surface area (Å²) in [6.45, 7) is 2.19. The molecule has 0 aromatic heterocycles. The molecule has 0 bridgehead atoms. The van der Waals surface area contributed by atoms with E-state index in [-0.39, 0.29) is 13.0 Å². The van der Waals surface area contributed by atoms with Crippen LogP contribution in [0.15, 0.2) is 0 Å². The Labute approximate surface area is 117 Å². The maximum absolute atomic E-state index is 11.9. The Morgan fingerprint density at radius 3 is 2.25 bits per heavy atom. The van der Waals surface area contributed by atoms with E-state index >= 15 is 0 Å². The highest BCUT2D eigenvalue weighted by atomic mass is 19.4. The molecule has 1 aliphatic carbocycles.